The summed E-state index contributed by atoms with van der Waals surface area (Å²) >= 11 is -1.56. The fourth-order valence-electron chi connectivity index (χ4n) is 0.621. The minimum Gasteiger partial charge on any atom is -0.478 e. The van der Waals surface area contributed by atoms with Crippen molar-refractivity contribution in [2.24, 2.45) is 0 Å². The van der Waals surface area contributed by atoms with Crippen LogP contribution < -0.4 is 0 Å². The summed E-state index contributed by atoms with van der Waals surface area (Å²) in [6, 6.07) is 0. The molecule has 0 aliphatic carbocycles. The highest BCUT2D eigenvalue weighted by molar-refractivity contribution is 8.06. The van der Waals surface area contributed by atoms with E-state index in [-0.39, 0.29) is 0 Å². The first-order chi connectivity index (χ1) is 7.42. The standard InChI is InChI=1S/C7H6F6O2S2/c1-3(5(14)15)4(17-7(11,12)13)2-16-6(8,9)10/h2H2,1H3,(H,14,15)/b4-3+. The number of carboxylic acids is 1. The summed E-state index contributed by atoms with van der Waals surface area (Å²) in [4.78, 5) is 9.55. The van der Waals surface area contributed by atoms with Crippen molar-refractivity contribution >= 4 is 29.5 Å². The van der Waals surface area contributed by atoms with E-state index in [4.69, 9.17) is 5.11 Å². The van der Waals surface area contributed by atoms with Crippen LogP contribution in [0.1, 0.15) is 6.92 Å². The van der Waals surface area contributed by atoms with Gasteiger partial charge in [-0.3, -0.25) is 0 Å². The van der Waals surface area contributed by atoms with Gasteiger partial charge in [-0.2, -0.15) is 26.3 Å². The van der Waals surface area contributed by atoms with Crippen molar-refractivity contribution in [3.05, 3.63) is 10.5 Å². The van der Waals surface area contributed by atoms with Gasteiger partial charge in [0.2, 0.25) is 0 Å². The van der Waals surface area contributed by atoms with E-state index < -0.39 is 56.7 Å². The first-order valence-corrected chi connectivity index (χ1v) is 5.62. The van der Waals surface area contributed by atoms with Crippen LogP contribution in [0, 0.1) is 0 Å². The van der Waals surface area contributed by atoms with Crippen LogP contribution in [0.3, 0.4) is 0 Å². The van der Waals surface area contributed by atoms with Crippen LogP contribution in [0.25, 0.3) is 0 Å². The summed E-state index contributed by atoms with van der Waals surface area (Å²) < 4.78 is 71.4. The van der Waals surface area contributed by atoms with Gasteiger partial charge in [0.1, 0.15) is 0 Å². The van der Waals surface area contributed by atoms with Gasteiger partial charge in [-0.15, -0.1) is 0 Å². The van der Waals surface area contributed by atoms with E-state index >= 15 is 0 Å². The zero-order valence-electron chi connectivity index (χ0n) is 8.15. The number of alkyl halides is 6. The van der Waals surface area contributed by atoms with Gasteiger partial charge in [0.05, 0.1) is 0 Å². The van der Waals surface area contributed by atoms with E-state index in [1.807, 2.05) is 0 Å². The second kappa shape index (κ2) is 5.89. The molecule has 0 atom stereocenters. The zero-order valence-corrected chi connectivity index (χ0v) is 9.78. The van der Waals surface area contributed by atoms with Gasteiger partial charge in [0, 0.05) is 16.2 Å². The summed E-state index contributed by atoms with van der Waals surface area (Å²) in [6.45, 7) is 0.827. The van der Waals surface area contributed by atoms with Gasteiger partial charge in [-0.05, 0) is 30.4 Å². The van der Waals surface area contributed by atoms with E-state index in [9.17, 15) is 31.1 Å². The quantitative estimate of drug-likeness (QED) is 0.632. The van der Waals surface area contributed by atoms with Crippen molar-refractivity contribution in [2.45, 2.75) is 17.9 Å². The molecule has 0 heterocycles. The third-order valence-electron chi connectivity index (χ3n) is 1.34. The van der Waals surface area contributed by atoms with Crippen molar-refractivity contribution in [3.63, 3.8) is 0 Å². The molecule has 0 bridgehead atoms. The summed E-state index contributed by atoms with van der Waals surface area (Å²) in [6.07, 6.45) is 0. The minimum absolute atomic E-state index is 0.714. The summed E-state index contributed by atoms with van der Waals surface area (Å²) in [5.41, 5.74) is -10.3. The molecule has 0 fully saturated rings. The average molecular weight is 300 g/mol. The molecule has 1 N–H and O–H groups in total. The van der Waals surface area contributed by atoms with Crippen LogP contribution in [0.15, 0.2) is 10.5 Å². The number of hydrogen-bond acceptors (Lipinski definition) is 3. The molecule has 0 unspecified atom stereocenters. The molecule has 100 valence electrons. The van der Waals surface area contributed by atoms with Crippen molar-refractivity contribution in [2.75, 3.05) is 5.75 Å². The van der Waals surface area contributed by atoms with Crippen LogP contribution in [-0.2, 0) is 4.79 Å². The lowest BCUT2D eigenvalue weighted by Crippen LogP contribution is -2.10. The second-order valence-electron chi connectivity index (χ2n) is 2.64. The first-order valence-electron chi connectivity index (χ1n) is 3.82. The maximum absolute atomic E-state index is 12.0. The normalized spacial score (nSPS) is 14.5. The SMILES string of the molecule is C/C(C(=O)O)=C(/CSC(F)(F)F)SC(F)(F)F. The Bertz CT molecular complexity index is 319. The summed E-state index contributed by atoms with van der Waals surface area (Å²) in [7, 11) is 0. The highest BCUT2D eigenvalue weighted by atomic mass is 32.2. The van der Waals surface area contributed by atoms with Crippen molar-refractivity contribution in [3.8, 4) is 0 Å². The molecule has 0 rings (SSSR count). The van der Waals surface area contributed by atoms with Crippen LogP contribution in [0.2, 0.25) is 0 Å². The van der Waals surface area contributed by atoms with Gasteiger partial charge < -0.3 is 5.11 Å². The molecule has 0 spiro atoms. The molecule has 0 aromatic rings. The monoisotopic (exact) mass is 300 g/mol. The molecule has 17 heavy (non-hydrogen) atoms. The fourth-order valence-corrected chi connectivity index (χ4v) is 2.06. The summed E-state index contributed by atoms with van der Waals surface area (Å²) in [5, 5.41) is 8.45. The Labute approximate surface area is 100 Å². The van der Waals surface area contributed by atoms with E-state index in [0.29, 0.717) is 0 Å². The van der Waals surface area contributed by atoms with Gasteiger partial charge in [0.15, 0.2) is 0 Å². The van der Waals surface area contributed by atoms with Gasteiger partial charge >= 0.3 is 17.0 Å². The Hall–Kier alpha value is -0.510. The predicted molar refractivity (Wildman–Crippen MR) is 52.5 cm³/mol. The van der Waals surface area contributed by atoms with Gasteiger partial charge in [0.25, 0.3) is 0 Å². The van der Waals surface area contributed by atoms with Crippen LogP contribution in [0.5, 0.6) is 0 Å². The highest BCUT2D eigenvalue weighted by Crippen LogP contribution is 2.42. The molecular weight excluding hydrogens is 294 g/mol. The maximum Gasteiger partial charge on any atom is 0.446 e. The Morgan fingerprint density at radius 1 is 1.12 bits per heavy atom. The zero-order chi connectivity index (χ0) is 13.9. The Balaban J connectivity index is 4.89. The van der Waals surface area contributed by atoms with E-state index in [0.717, 1.165) is 6.92 Å². The third kappa shape index (κ3) is 8.25. The molecule has 0 saturated carbocycles. The molecule has 0 radical (unpaired) electrons. The minimum atomic E-state index is -4.82. The summed E-state index contributed by atoms with van der Waals surface area (Å²) in [5.74, 6) is -2.76. The number of aliphatic carboxylic acids is 1. The predicted octanol–water partition coefficient (Wildman–Crippen LogP) is 3.85. The molecule has 0 aliphatic heterocycles. The number of thioether (sulfide) groups is 2. The smallest absolute Gasteiger partial charge is 0.446 e. The molecule has 0 amide bonds. The van der Waals surface area contributed by atoms with E-state index in [1.165, 1.54) is 0 Å². The molecule has 0 aromatic heterocycles. The van der Waals surface area contributed by atoms with Crippen molar-refractivity contribution in [1.29, 1.82) is 0 Å². The Morgan fingerprint density at radius 2 is 1.59 bits per heavy atom. The molecule has 0 aliphatic rings. The number of hydrogen-bond donors (Lipinski definition) is 1. The maximum atomic E-state index is 12.0. The molecule has 10 heteroatoms. The number of carbonyl (C=O) groups is 1. The number of halogens is 6. The molecule has 0 aromatic carbocycles. The van der Waals surface area contributed by atoms with Crippen molar-refractivity contribution < 1.29 is 36.2 Å². The van der Waals surface area contributed by atoms with E-state index in [1.54, 1.807) is 0 Å². The average Bonchev–Trinajstić information content (AvgIpc) is 2.07. The fraction of sp³-hybridized carbons (Fsp3) is 0.571. The first kappa shape index (κ1) is 16.5. The molecular formula is C7H6F6O2S2. The highest BCUT2D eigenvalue weighted by Gasteiger charge is 2.35. The lowest BCUT2D eigenvalue weighted by Gasteiger charge is -2.12. The Kier molecular flexibility index (Phi) is 5.72. The van der Waals surface area contributed by atoms with E-state index in [2.05, 4.69) is 0 Å². The van der Waals surface area contributed by atoms with Crippen LogP contribution >= 0.6 is 23.5 Å². The van der Waals surface area contributed by atoms with Crippen LogP contribution in [-0.4, -0.2) is 27.8 Å². The molecule has 0 saturated heterocycles. The largest absolute Gasteiger partial charge is 0.478 e. The lowest BCUT2D eigenvalue weighted by atomic mass is 10.3. The van der Waals surface area contributed by atoms with Gasteiger partial charge in [-0.1, -0.05) is 0 Å². The topological polar surface area (TPSA) is 37.3 Å². The van der Waals surface area contributed by atoms with Crippen LogP contribution in [0.4, 0.5) is 26.3 Å². The Morgan fingerprint density at radius 3 is 1.88 bits per heavy atom. The third-order valence-corrected chi connectivity index (χ3v) is 3.22. The number of carboxylic acid groups (broad SMARTS) is 1. The van der Waals surface area contributed by atoms with Crippen molar-refractivity contribution in [1.82, 2.24) is 0 Å². The number of rotatable bonds is 4. The van der Waals surface area contributed by atoms with Gasteiger partial charge in [-0.25, -0.2) is 4.79 Å². The molecule has 2 nitrogen and oxygen atoms in total. The second-order valence-corrected chi connectivity index (χ2v) is 4.84. The lowest BCUT2D eigenvalue weighted by molar-refractivity contribution is -0.132.